The maximum absolute atomic E-state index is 11.3. The quantitative estimate of drug-likeness (QED) is 0.844. The van der Waals surface area contributed by atoms with Gasteiger partial charge in [-0.1, -0.05) is 12.1 Å². The molecule has 1 saturated heterocycles. The number of carboxylic acid groups (broad SMARTS) is 1. The van der Waals surface area contributed by atoms with Crippen LogP contribution in [0.5, 0.6) is 5.75 Å². The van der Waals surface area contributed by atoms with Gasteiger partial charge in [0.15, 0.2) is 0 Å². The Balaban J connectivity index is 2.25. The predicted octanol–water partition coefficient (Wildman–Crippen LogP) is 2.16. The van der Waals surface area contributed by atoms with E-state index in [1.54, 1.807) is 24.3 Å². The molecule has 0 aromatic heterocycles. The van der Waals surface area contributed by atoms with Crippen LogP contribution in [-0.4, -0.2) is 23.1 Å². The van der Waals surface area contributed by atoms with Gasteiger partial charge in [-0.25, -0.2) is 0 Å². The highest BCUT2D eigenvalue weighted by Gasteiger charge is 2.40. The van der Waals surface area contributed by atoms with Crippen LogP contribution in [0.25, 0.3) is 0 Å². The summed E-state index contributed by atoms with van der Waals surface area (Å²) in [5.41, 5.74) is 0.649. The van der Waals surface area contributed by atoms with Gasteiger partial charge in [0.25, 0.3) is 0 Å². The van der Waals surface area contributed by atoms with Crippen molar-refractivity contribution in [2.45, 2.75) is 32.5 Å². The highest BCUT2D eigenvalue weighted by molar-refractivity contribution is 5.82. The Bertz CT molecular complexity index is 494. The molecule has 1 aliphatic heterocycles. The van der Waals surface area contributed by atoms with Crippen LogP contribution < -0.4 is 4.74 Å². The van der Waals surface area contributed by atoms with E-state index in [0.717, 1.165) is 0 Å². The topological polar surface area (TPSA) is 72.8 Å². The molecule has 19 heavy (non-hydrogen) atoms. The van der Waals surface area contributed by atoms with Gasteiger partial charge in [0.05, 0.1) is 12.5 Å². The number of carbonyl (C=O) groups is 2. The molecule has 2 rings (SSSR count). The third kappa shape index (κ3) is 3.05. The SMILES string of the molecule is CC(C)Oc1cccc([C@H]2OC(=O)C[C@H]2C(=O)O)c1. The van der Waals surface area contributed by atoms with E-state index in [1.807, 2.05) is 13.8 Å². The highest BCUT2D eigenvalue weighted by Crippen LogP contribution is 2.36. The lowest BCUT2D eigenvalue weighted by Crippen LogP contribution is -2.17. The Kier molecular flexibility index (Phi) is 3.74. The number of aliphatic carboxylic acids is 1. The zero-order valence-corrected chi connectivity index (χ0v) is 10.8. The molecule has 0 bridgehead atoms. The molecule has 0 radical (unpaired) electrons. The average Bonchev–Trinajstić information content (AvgIpc) is 2.71. The van der Waals surface area contributed by atoms with Crippen LogP contribution in [0.1, 0.15) is 31.9 Å². The first-order valence-electron chi connectivity index (χ1n) is 6.16. The second-order valence-electron chi connectivity index (χ2n) is 4.80. The van der Waals surface area contributed by atoms with Crippen LogP contribution in [0.4, 0.5) is 0 Å². The van der Waals surface area contributed by atoms with Gasteiger partial charge in [-0.05, 0) is 31.5 Å². The average molecular weight is 264 g/mol. The molecule has 2 atom stereocenters. The van der Waals surface area contributed by atoms with Crippen molar-refractivity contribution >= 4 is 11.9 Å². The van der Waals surface area contributed by atoms with Crippen molar-refractivity contribution in [3.63, 3.8) is 0 Å². The van der Waals surface area contributed by atoms with Crippen molar-refractivity contribution in [1.82, 2.24) is 0 Å². The van der Waals surface area contributed by atoms with E-state index in [2.05, 4.69) is 0 Å². The molecule has 1 aromatic rings. The lowest BCUT2D eigenvalue weighted by molar-refractivity contribution is -0.144. The van der Waals surface area contributed by atoms with Crippen LogP contribution >= 0.6 is 0 Å². The minimum atomic E-state index is -1.02. The smallest absolute Gasteiger partial charge is 0.311 e. The monoisotopic (exact) mass is 264 g/mol. The fourth-order valence-electron chi connectivity index (χ4n) is 2.11. The van der Waals surface area contributed by atoms with Crippen molar-refractivity contribution < 1.29 is 24.2 Å². The van der Waals surface area contributed by atoms with E-state index in [4.69, 9.17) is 14.6 Å². The molecule has 5 nitrogen and oxygen atoms in total. The zero-order chi connectivity index (χ0) is 14.0. The fourth-order valence-corrected chi connectivity index (χ4v) is 2.11. The fraction of sp³-hybridized carbons (Fsp3) is 0.429. The van der Waals surface area contributed by atoms with Gasteiger partial charge in [0.2, 0.25) is 0 Å². The number of hydrogen-bond donors (Lipinski definition) is 1. The first-order chi connectivity index (χ1) is 8.97. The Morgan fingerprint density at radius 2 is 2.21 bits per heavy atom. The van der Waals surface area contributed by atoms with Crippen molar-refractivity contribution in [1.29, 1.82) is 0 Å². The molecule has 1 aliphatic rings. The van der Waals surface area contributed by atoms with Gasteiger partial charge in [0, 0.05) is 0 Å². The highest BCUT2D eigenvalue weighted by atomic mass is 16.6. The molecule has 0 spiro atoms. The lowest BCUT2D eigenvalue weighted by Gasteiger charge is -2.16. The number of benzene rings is 1. The van der Waals surface area contributed by atoms with E-state index < -0.39 is 24.0 Å². The first-order valence-corrected chi connectivity index (χ1v) is 6.16. The molecule has 102 valence electrons. The second kappa shape index (κ2) is 5.30. The third-order valence-electron chi connectivity index (χ3n) is 2.89. The summed E-state index contributed by atoms with van der Waals surface area (Å²) in [6, 6.07) is 7.01. The number of esters is 1. The third-order valence-corrected chi connectivity index (χ3v) is 2.89. The maximum atomic E-state index is 11.3. The van der Waals surface area contributed by atoms with E-state index in [-0.39, 0.29) is 12.5 Å². The summed E-state index contributed by atoms with van der Waals surface area (Å²) in [7, 11) is 0. The van der Waals surface area contributed by atoms with E-state index in [0.29, 0.717) is 11.3 Å². The van der Waals surface area contributed by atoms with Gasteiger partial charge < -0.3 is 14.6 Å². The minimum Gasteiger partial charge on any atom is -0.491 e. The van der Waals surface area contributed by atoms with E-state index in [9.17, 15) is 9.59 Å². The van der Waals surface area contributed by atoms with Gasteiger partial charge in [-0.15, -0.1) is 0 Å². The molecule has 0 unspecified atom stereocenters. The molecule has 1 aromatic carbocycles. The van der Waals surface area contributed by atoms with Gasteiger partial charge in [-0.2, -0.15) is 0 Å². The second-order valence-corrected chi connectivity index (χ2v) is 4.80. The molecular weight excluding hydrogens is 248 g/mol. The summed E-state index contributed by atoms with van der Waals surface area (Å²) in [5.74, 6) is -1.69. The number of carbonyl (C=O) groups excluding carboxylic acids is 1. The summed E-state index contributed by atoms with van der Waals surface area (Å²) in [5, 5.41) is 9.11. The molecule has 0 saturated carbocycles. The Labute approximate surface area is 111 Å². The molecule has 0 aliphatic carbocycles. The number of ether oxygens (including phenoxy) is 2. The summed E-state index contributed by atoms with van der Waals surface area (Å²) >= 11 is 0. The Morgan fingerprint density at radius 3 is 2.84 bits per heavy atom. The van der Waals surface area contributed by atoms with Crippen molar-refractivity contribution in [2.24, 2.45) is 5.92 Å². The van der Waals surface area contributed by atoms with Crippen molar-refractivity contribution in [3.05, 3.63) is 29.8 Å². The van der Waals surface area contributed by atoms with Gasteiger partial charge >= 0.3 is 11.9 Å². The van der Waals surface area contributed by atoms with Crippen molar-refractivity contribution in [3.8, 4) is 5.75 Å². The predicted molar refractivity (Wildman–Crippen MR) is 66.8 cm³/mol. The summed E-state index contributed by atoms with van der Waals surface area (Å²) in [4.78, 5) is 22.4. The molecule has 0 amide bonds. The molecule has 5 heteroatoms. The molecule has 1 N–H and O–H groups in total. The lowest BCUT2D eigenvalue weighted by atomic mass is 9.95. The summed E-state index contributed by atoms with van der Waals surface area (Å²) in [6.07, 6.45) is -0.799. The van der Waals surface area contributed by atoms with Crippen LogP contribution in [-0.2, 0) is 14.3 Å². The number of cyclic esters (lactones) is 1. The Morgan fingerprint density at radius 1 is 1.47 bits per heavy atom. The minimum absolute atomic E-state index is 0.0247. The number of carboxylic acids is 1. The van der Waals surface area contributed by atoms with Crippen LogP contribution in [0.15, 0.2) is 24.3 Å². The first kappa shape index (κ1) is 13.4. The summed E-state index contributed by atoms with van der Waals surface area (Å²) < 4.78 is 10.7. The molecule has 1 fully saturated rings. The largest absolute Gasteiger partial charge is 0.491 e. The number of hydrogen-bond acceptors (Lipinski definition) is 4. The van der Waals surface area contributed by atoms with Gasteiger partial charge in [0.1, 0.15) is 17.8 Å². The van der Waals surface area contributed by atoms with Crippen LogP contribution in [0.3, 0.4) is 0 Å². The Hall–Kier alpha value is -2.04. The van der Waals surface area contributed by atoms with Gasteiger partial charge in [-0.3, -0.25) is 9.59 Å². The van der Waals surface area contributed by atoms with Crippen LogP contribution in [0.2, 0.25) is 0 Å². The van der Waals surface area contributed by atoms with E-state index >= 15 is 0 Å². The number of rotatable bonds is 4. The maximum Gasteiger partial charge on any atom is 0.311 e. The zero-order valence-electron chi connectivity index (χ0n) is 10.8. The normalized spacial score (nSPS) is 22.4. The summed E-state index contributed by atoms with van der Waals surface area (Å²) in [6.45, 7) is 3.81. The molecule has 1 heterocycles. The molecular formula is C14H16O5. The van der Waals surface area contributed by atoms with Crippen LogP contribution in [0, 0.1) is 5.92 Å². The standard InChI is InChI=1S/C14H16O5/c1-8(2)18-10-5-3-4-9(6-10)13-11(14(16)17)7-12(15)19-13/h3-6,8,11,13H,7H2,1-2H3,(H,16,17)/t11-,13-/m1/s1. The van der Waals surface area contributed by atoms with E-state index in [1.165, 1.54) is 0 Å². The van der Waals surface area contributed by atoms with Crippen molar-refractivity contribution in [2.75, 3.05) is 0 Å².